The Morgan fingerprint density at radius 3 is 2.37 bits per heavy atom. The third-order valence-corrected chi connectivity index (χ3v) is 4.99. The van der Waals surface area contributed by atoms with Crippen LogP contribution in [0.3, 0.4) is 0 Å². The molecule has 1 aliphatic heterocycles. The molecule has 1 saturated heterocycles. The molecule has 0 spiro atoms. The van der Waals surface area contributed by atoms with Gasteiger partial charge in [0.2, 0.25) is 0 Å². The number of rotatable bonds is 3. The molecule has 1 saturated carbocycles. The predicted octanol–water partition coefficient (Wildman–Crippen LogP) is 3.87. The summed E-state index contributed by atoms with van der Waals surface area (Å²) in [4.78, 5) is 2.65. The van der Waals surface area contributed by atoms with Crippen molar-refractivity contribution < 1.29 is 0 Å². The summed E-state index contributed by atoms with van der Waals surface area (Å²) in [5.41, 5.74) is 8.57. The molecule has 2 atom stereocenters. The molecule has 1 heterocycles. The van der Waals surface area contributed by atoms with E-state index in [-0.39, 0.29) is 6.04 Å². The smallest absolute Gasteiger partial charge is 0.0369 e. The minimum atomic E-state index is 0.137. The first kappa shape index (κ1) is 13.0. The SMILES string of the molecule is C[C@H](N)c1ccc(N2CCCC2C2CCCC2)cc1. The predicted molar refractivity (Wildman–Crippen MR) is 81.4 cm³/mol. The van der Waals surface area contributed by atoms with Crippen molar-refractivity contribution in [2.24, 2.45) is 11.7 Å². The van der Waals surface area contributed by atoms with Gasteiger partial charge in [0, 0.05) is 24.3 Å². The van der Waals surface area contributed by atoms with Gasteiger partial charge in [-0.15, -0.1) is 0 Å². The van der Waals surface area contributed by atoms with Crippen molar-refractivity contribution in [1.29, 1.82) is 0 Å². The fraction of sp³-hybridized carbons (Fsp3) is 0.647. The lowest BCUT2D eigenvalue weighted by molar-refractivity contribution is 0.431. The second-order valence-electron chi connectivity index (χ2n) is 6.33. The molecule has 19 heavy (non-hydrogen) atoms. The van der Waals surface area contributed by atoms with E-state index in [0.29, 0.717) is 0 Å². The largest absolute Gasteiger partial charge is 0.368 e. The summed E-state index contributed by atoms with van der Waals surface area (Å²) < 4.78 is 0. The summed E-state index contributed by atoms with van der Waals surface area (Å²) in [6.45, 7) is 3.28. The van der Waals surface area contributed by atoms with Crippen molar-refractivity contribution in [1.82, 2.24) is 0 Å². The summed E-state index contributed by atoms with van der Waals surface area (Å²) in [5.74, 6) is 0.940. The van der Waals surface area contributed by atoms with Crippen molar-refractivity contribution in [3.8, 4) is 0 Å². The molecule has 2 aliphatic rings. The second-order valence-corrected chi connectivity index (χ2v) is 6.33. The Labute approximate surface area is 117 Å². The summed E-state index contributed by atoms with van der Waals surface area (Å²) in [5, 5.41) is 0. The first-order chi connectivity index (χ1) is 9.25. The number of nitrogens with zero attached hydrogens (tertiary/aromatic N) is 1. The standard InChI is InChI=1S/C17H26N2/c1-13(18)14-8-10-16(11-9-14)19-12-4-7-17(19)15-5-2-3-6-15/h8-11,13,15,17H,2-7,12,18H2,1H3/t13-,17?/m0/s1. The Morgan fingerprint density at radius 2 is 1.74 bits per heavy atom. The Kier molecular flexibility index (Phi) is 3.79. The number of anilines is 1. The van der Waals surface area contributed by atoms with Gasteiger partial charge < -0.3 is 10.6 Å². The lowest BCUT2D eigenvalue weighted by atomic mass is 9.95. The number of nitrogens with two attached hydrogens (primary N) is 1. The van der Waals surface area contributed by atoms with Crippen LogP contribution in [0.2, 0.25) is 0 Å². The topological polar surface area (TPSA) is 29.3 Å². The van der Waals surface area contributed by atoms with Crippen LogP contribution < -0.4 is 10.6 Å². The molecule has 0 radical (unpaired) electrons. The molecule has 2 nitrogen and oxygen atoms in total. The van der Waals surface area contributed by atoms with Crippen molar-refractivity contribution in [3.05, 3.63) is 29.8 Å². The summed E-state index contributed by atoms with van der Waals surface area (Å²) in [6, 6.07) is 9.87. The summed E-state index contributed by atoms with van der Waals surface area (Å²) >= 11 is 0. The average Bonchev–Trinajstić information content (AvgIpc) is 3.09. The highest BCUT2D eigenvalue weighted by atomic mass is 15.2. The van der Waals surface area contributed by atoms with Crippen LogP contribution in [0.5, 0.6) is 0 Å². The highest BCUT2D eigenvalue weighted by molar-refractivity contribution is 5.50. The molecule has 0 amide bonds. The average molecular weight is 258 g/mol. The normalized spacial score (nSPS) is 26.0. The van der Waals surface area contributed by atoms with Gasteiger partial charge in [0.1, 0.15) is 0 Å². The van der Waals surface area contributed by atoms with Crippen LogP contribution in [0.4, 0.5) is 5.69 Å². The van der Waals surface area contributed by atoms with E-state index in [9.17, 15) is 0 Å². The zero-order valence-corrected chi connectivity index (χ0v) is 12.0. The van der Waals surface area contributed by atoms with Gasteiger partial charge in [-0.2, -0.15) is 0 Å². The molecule has 0 aromatic heterocycles. The van der Waals surface area contributed by atoms with E-state index in [1.165, 1.54) is 56.3 Å². The van der Waals surface area contributed by atoms with Gasteiger partial charge in [-0.1, -0.05) is 25.0 Å². The fourth-order valence-electron chi connectivity index (χ4n) is 3.91. The van der Waals surface area contributed by atoms with E-state index in [0.717, 1.165) is 12.0 Å². The zero-order valence-electron chi connectivity index (χ0n) is 12.0. The van der Waals surface area contributed by atoms with Crippen molar-refractivity contribution in [2.75, 3.05) is 11.4 Å². The summed E-state index contributed by atoms with van der Waals surface area (Å²) in [7, 11) is 0. The molecule has 1 unspecified atom stereocenters. The van der Waals surface area contributed by atoms with Crippen LogP contribution in [0.25, 0.3) is 0 Å². The van der Waals surface area contributed by atoms with Crippen molar-refractivity contribution >= 4 is 5.69 Å². The van der Waals surface area contributed by atoms with Gasteiger partial charge in [-0.3, -0.25) is 0 Å². The molecular weight excluding hydrogens is 232 g/mol. The van der Waals surface area contributed by atoms with Gasteiger partial charge in [-0.05, 0) is 56.2 Å². The molecule has 1 aliphatic carbocycles. The summed E-state index contributed by atoms with van der Waals surface area (Å²) in [6.07, 6.45) is 8.52. The van der Waals surface area contributed by atoms with Crippen LogP contribution in [-0.4, -0.2) is 12.6 Å². The molecule has 0 bridgehead atoms. The molecule has 1 aromatic carbocycles. The van der Waals surface area contributed by atoms with E-state index in [1.54, 1.807) is 0 Å². The zero-order chi connectivity index (χ0) is 13.2. The second kappa shape index (κ2) is 5.54. The van der Waals surface area contributed by atoms with Gasteiger partial charge in [-0.25, -0.2) is 0 Å². The van der Waals surface area contributed by atoms with Crippen molar-refractivity contribution in [2.45, 2.75) is 57.5 Å². The van der Waals surface area contributed by atoms with Crippen LogP contribution in [0.15, 0.2) is 24.3 Å². The first-order valence-electron chi connectivity index (χ1n) is 7.88. The van der Waals surface area contributed by atoms with Gasteiger partial charge in [0.25, 0.3) is 0 Å². The molecular formula is C17H26N2. The lowest BCUT2D eigenvalue weighted by Crippen LogP contribution is -2.34. The van der Waals surface area contributed by atoms with E-state index in [4.69, 9.17) is 5.73 Å². The monoisotopic (exact) mass is 258 g/mol. The van der Waals surface area contributed by atoms with E-state index in [1.807, 2.05) is 6.92 Å². The van der Waals surface area contributed by atoms with Gasteiger partial charge in [0.15, 0.2) is 0 Å². The highest BCUT2D eigenvalue weighted by Crippen LogP contribution is 2.37. The minimum Gasteiger partial charge on any atom is -0.368 e. The number of hydrogen-bond donors (Lipinski definition) is 1. The molecule has 3 rings (SSSR count). The lowest BCUT2D eigenvalue weighted by Gasteiger charge is -2.31. The Bertz CT molecular complexity index is 404. The maximum atomic E-state index is 5.93. The molecule has 1 aromatic rings. The maximum Gasteiger partial charge on any atom is 0.0369 e. The van der Waals surface area contributed by atoms with Gasteiger partial charge in [0.05, 0.1) is 0 Å². The Hall–Kier alpha value is -1.02. The van der Waals surface area contributed by atoms with Crippen molar-refractivity contribution in [3.63, 3.8) is 0 Å². The van der Waals surface area contributed by atoms with E-state index >= 15 is 0 Å². The van der Waals surface area contributed by atoms with Crippen LogP contribution in [0, 0.1) is 5.92 Å². The fourth-order valence-corrected chi connectivity index (χ4v) is 3.91. The Morgan fingerprint density at radius 1 is 1.05 bits per heavy atom. The van der Waals surface area contributed by atoms with Crippen LogP contribution >= 0.6 is 0 Å². The van der Waals surface area contributed by atoms with Crippen LogP contribution in [-0.2, 0) is 0 Å². The molecule has 2 fully saturated rings. The third-order valence-electron chi connectivity index (χ3n) is 4.99. The quantitative estimate of drug-likeness (QED) is 0.892. The first-order valence-corrected chi connectivity index (χ1v) is 7.88. The molecule has 2 heteroatoms. The number of hydrogen-bond acceptors (Lipinski definition) is 2. The molecule has 2 N–H and O–H groups in total. The molecule has 104 valence electrons. The van der Waals surface area contributed by atoms with Crippen LogP contribution in [0.1, 0.15) is 57.1 Å². The van der Waals surface area contributed by atoms with Gasteiger partial charge >= 0.3 is 0 Å². The highest BCUT2D eigenvalue weighted by Gasteiger charge is 2.33. The minimum absolute atomic E-state index is 0.137. The number of benzene rings is 1. The Balaban J connectivity index is 1.76. The van der Waals surface area contributed by atoms with E-state index in [2.05, 4.69) is 29.2 Å². The maximum absolute atomic E-state index is 5.93. The van der Waals surface area contributed by atoms with E-state index < -0.39 is 0 Å². The third kappa shape index (κ3) is 2.64.